The normalized spacial score (nSPS) is 15.5. The van der Waals surface area contributed by atoms with Crippen molar-refractivity contribution in [3.8, 4) is 17.1 Å². The molecule has 6 nitrogen and oxygen atoms in total. The topological polar surface area (TPSA) is 69.9 Å². The van der Waals surface area contributed by atoms with E-state index < -0.39 is 0 Å². The van der Waals surface area contributed by atoms with Crippen LogP contribution >= 0.6 is 0 Å². The van der Waals surface area contributed by atoms with Crippen LogP contribution in [0.15, 0.2) is 23.1 Å². The van der Waals surface area contributed by atoms with Gasteiger partial charge in [-0.1, -0.05) is 6.42 Å². The first-order chi connectivity index (χ1) is 13.4. The second kappa shape index (κ2) is 7.00. The molecule has 0 aliphatic heterocycles. The number of fused-ring (bicyclic) bond motifs is 1. The summed E-state index contributed by atoms with van der Waals surface area (Å²) in [7, 11) is 1.62. The summed E-state index contributed by atoms with van der Waals surface area (Å²) in [5, 5.41) is 0. The van der Waals surface area contributed by atoms with Crippen molar-refractivity contribution in [3.63, 3.8) is 0 Å². The van der Waals surface area contributed by atoms with Crippen LogP contribution in [0.2, 0.25) is 0 Å². The Morgan fingerprint density at radius 3 is 2.57 bits per heavy atom. The largest absolute Gasteiger partial charge is 0.481 e. The van der Waals surface area contributed by atoms with E-state index in [1.54, 1.807) is 20.2 Å². The van der Waals surface area contributed by atoms with Crippen molar-refractivity contribution in [3.05, 3.63) is 45.6 Å². The molecule has 1 atom stereocenters. The first-order valence-electron chi connectivity index (χ1n) is 9.82. The van der Waals surface area contributed by atoms with Crippen LogP contribution in [0.5, 0.6) is 5.88 Å². The summed E-state index contributed by atoms with van der Waals surface area (Å²) in [4.78, 5) is 26.8. The lowest BCUT2D eigenvalue weighted by molar-refractivity contribution is 0.222. The molecule has 3 aromatic rings. The van der Waals surface area contributed by atoms with Crippen LogP contribution in [-0.4, -0.2) is 26.6 Å². The van der Waals surface area contributed by atoms with Crippen LogP contribution in [0.1, 0.15) is 49.2 Å². The van der Waals surface area contributed by atoms with Crippen molar-refractivity contribution in [2.45, 2.75) is 53.0 Å². The molecule has 4 rings (SSSR count). The highest BCUT2D eigenvalue weighted by atomic mass is 16.5. The molecule has 3 heterocycles. The van der Waals surface area contributed by atoms with Crippen LogP contribution < -0.4 is 10.3 Å². The van der Waals surface area contributed by atoms with Gasteiger partial charge in [0.1, 0.15) is 11.2 Å². The Morgan fingerprint density at radius 2 is 1.93 bits per heavy atom. The number of rotatable bonds is 4. The lowest BCUT2D eigenvalue weighted by Gasteiger charge is -2.33. The molecule has 0 aromatic carbocycles. The predicted molar refractivity (Wildman–Crippen MR) is 110 cm³/mol. The molecule has 0 N–H and O–H groups in total. The average molecular weight is 378 g/mol. The number of hydrogen-bond donors (Lipinski definition) is 0. The maximum Gasteiger partial charge on any atom is 0.272 e. The van der Waals surface area contributed by atoms with Crippen molar-refractivity contribution in [2.24, 2.45) is 5.92 Å². The first kappa shape index (κ1) is 18.6. The Balaban J connectivity index is 1.99. The van der Waals surface area contributed by atoms with Crippen molar-refractivity contribution < 1.29 is 4.74 Å². The third-order valence-corrected chi connectivity index (χ3v) is 6.02. The minimum absolute atomic E-state index is 0.00944. The van der Waals surface area contributed by atoms with Crippen LogP contribution in [-0.2, 0) is 0 Å². The van der Waals surface area contributed by atoms with E-state index in [1.807, 2.05) is 30.5 Å². The van der Waals surface area contributed by atoms with Gasteiger partial charge in [0.25, 0.3) is 5.56 Å². The summed E-state index contributed by atoms with van der Waals surface area (Å²) >= 11 is 0. The molecule has 0 bridgehead atoms. The number of methoxy groups -OCH3 is 1. The third kappa shape index (κ3) is 2.87. The van der Waals surface area contributed by atoms with E-state index in [0.29, 0.717) is 17.5 Å². The molecule has 28 heavy (non-hydrogen) atoms. The fourth-order valence-corrected chi connectivity index (χ4v) is 4.11. The number of aryl methyl sites for hydroxylation is 3. The van der Waals surface area contributed by atoms with Gasteiger partial charge in [0.2, 0.25) is 5.88 Å². The number of hydrogen-bond acceptors (Lipinski definition) is 5. The van der Waals surface area contributed by atoms with Gasteiger partial charge in [-0.05, 0) is 58.6 Å². The number of pyridine rings is 2. The Hall–Kier alpha value is -2.76. The van der Waals surface area contributed by atoms with Gasteiger partial charge < -0.3 is 9.30 Å². The zero-order valence-corrected chi connectivity index (χ0v) is 17.1. The quantitative estimate of drug-likeness (QED) is 0.682. The number of aromatic nitrogens is 4. The molecular formula is C22H26N4O2. The Morgan fingerprint density at radius 1 is 1.18 bits per heavy atom. The minimum Gasteiger partial charge on any atom is -0.481 e. The van der Waals surface area contributed by atoms with E-state index in [2.05, 4.69) is 21.9 Å². The van der Waals surface area contributed by atoms with E-state index >= 15 is 0 Å². The summed E-state index contributed by atoms with van der Waals surface area (Å²) < 4.78 is 7.26. The lowest BCUT2D eigenvalue weighted by atomic mass is 9.80. The molecule has 0 spiro atoms. The predicted octanol–water partition coefficient (Wildman–Crippen LogP) is 4.15. The third-order valence-electron chi connectivity index (χ3n) is 6.02. The molecule has 0 radical (unpaired) electrons. The Kier molecular flexibility index (Phi) is 4.65. The smallest absolute Gasteiger partial charge is 0.272 e. The Labute approximate surface area is 164 Å². The van der Waals surface area contributed by atoms with Gasteiger partial charge >= 0.3 is 0 Å². The summed E-state index contributed by atoms with van der Waals surface area (Å²) in [5.41, 5.74) is 5.52. The van der Waals surface area contributed by atoms with E-state index in [0.717, 1.165) is 33.5 Å². The van der Waals surface area contributed by atoms with Gasteiger partial charge in [-0.3, -0.25) is 9.78 Å². The monoisotopic (exact) mass is 378 g/mol. The molecule has 1 fully saturated rings. The number of nitrogens with zero attached hydrogens (tertiary/aromatic N) is 4. The fraction of sp³-hybridized carbons (Fsp3) is 0.455. The van der Waals surface area contributed by atoms with E-state index in [-0.39, 0.29) is 11.6 Å². The SMILES string of the molecule is COc1nc(C)c(-c2nccc3c2nc(C)c(=O)n3[C@H](C)C2CCC2)cc1C. The standard InChI is InChI=1S/C22H26N4O2/c1-12-11-17(13(2)25-21(12)28-5)19-20-18(9-10-23-19)26(22(27)14(3)24-20)15(4)16-7-6-8-16/h9-11,15-16H,6-8H2,1-5H3/t15-/m1/s1. The molecule has 1 aliphatic rings. The minimum atomic E-state index is -0.00944. The summed E-state index contributed by atoms with van der Waals surface area (Å²) in [6.45, 7) is 7.84. The highest BCUT2D eigenvalue weighted by Crippen LogP contribution is 2.37. The molecule has 0 saturated heterocycles. The highest BCUT2D eigenvalue weighted by Gasteiger charge is 2.28. The van der Waals surface area contributed by atoms with Crippen LogP contribution in [0, 0.1) is 26.7 Å². The summed E-state index contributed by atoms with van der Waals surface area (Å²) in [6, 6.07) is 4.09. The van der Waals surface area contributed by atoms with Crippen LogP contribution in [0.3, 0.4) is 0 Å². The number of ether oxygens (including phenoxy) is 1. The van der Waals surface area contributed by atoms with E-state index in [9.17, 15) is 4.79 Å². The van der Waals surface area contributed by atoms with Gasteiger partial charge in [-0.2, -0.15) is 0 Å². The zero-order valence-electron chi connectivity index (χ0n) is 17.1. The molecule has 1 saturated carbocycles. The van der Waals surface area contributed by atoms with Gasteiger partial charge in [-0.15, -0.1) is 0 Å². The maximum absolute atomic E-state index is 13.0. The maximum atomic E-state index is 13.0. The molecule has 0 amide bonds. The van der Waals surface area contributed by atoms with Crippen LogP contribution in [0.4, 0.5) is 0 Å². The molecule has 146 valence electrons. The van der Waals surface area contributed by atoms with Gasteiger partial charge in [0.15, 0.2) is 0 Å². The zero-order chi connectivity index (χ0) is 20.0. The van der Waals surface area contributed by atoms with Crippen molar-refractivity contribution in [1.29, 1.82) is 0 Å². The van der Waals surface area contributed by atoms with Crippen molar-refractivity contribution in [1.82, 2.24) is 19.5 Å². The van der Waals surface area contributed by atoms with E-state index in [1.165, 1.54) is 19.3 Å². The Bertz CT molecular complexity index is 1120. The molecule has 3 aromatic heterocycles. The van der Waals surface area contributed by atoms with Crippen molar-refractivity contribution >= 4 is 11.0 Å². The second-order valence-corrected chi connectivity index (χ2v) is 7.78. The molecule has 0 unspecified atom stereocenters. The fourth-order valence-electron chi connectivity index (χ4n) is 4.11. The molecule has 6 heteroatoms. The highest BCUT2D eigenvalue weighted by molar-refractivity contribution is 5.90. The van der Waals surface area contributed by atoms with Gasteiger partial charge in [0, 0.05) is 23.4 Å². The lowest BCUT2D eigenvalue weighted by Crippen LogP contribution is -2.33. The molecule has 1 aliphatic carbocycles. The summed E-state index contributed by atoms with van der Waals surface area (Å²) in [5.74, 6) is 1.16. The average Bonchev–Trinajstić information content (AvgIpc) is 2.62. The second-order valence-electron chi connectivity index (χ2n) is 7.78. The van der Waals surface area contributed by atoms with Crippen LogP contribution in [0.25, 0.3) is 22.3 Å². The van der Waals surface area contributed by atoms with Crippen molar-refractivity contribution in [2.75, 3.05) is 7.11 Å². The van der Waals surface area contributed by atoms with Gasteiger partial charge in [-0.25, -0.2) is 9.97 Å². The van der Waals surface area contributed by atoms with E-state index in [4.69, 9.17) is 4.74 Å². The first-order valence-corrected chi connectivity index (χ1v) is 9.82. The molecular weight excluding hydrogens is 352 g/mol. The summed E-state index contributed by atoms with van der Waals surface area (Å²) in [6.07, 6.45) is 5.36. The van der Waals surface area contributed by atoms with Gasteiger partial charge in [0.05, 0.1) is 24.0 Å².